The lowest BCUT2D eigenvalue weighted by Crippen LogP contribution is -2.50. The molecular formula is C16H20FN3O3. The first-order valence-corrected chi connectivity index (χ1v) is 7.30. The molecule has 0 atom stereocenters. The second kappa shape index (κ2) is 7.73. The van der Waals surface area contributed by atoms with Crippen LogP contribution in [0.4, 0.5) is 10.1 Å². The van der Waals surface area contributed by atoms with Crippen LogP contribution in [-0.4, -0.2) is 61.4 Å². The van der Waals surface area contributed by atoms with Gasteiger partial charge in [-0.25, -0.2) is 4.39 Å². The minimum absolute atomic E-state index is 0.0827. The Bertz CT molecular complexity index is 598. The largest absolute Gasteiger partial charge is 0.494 e. The fourth-order valence-electron chi connectivity index (χ4n) is 2.40. The summed E-state index contributed by atoms with van der Waals surface area (Å²) in [6.07, 6.45) is 1.30. The van der Waals surface area contributed by atoms with Crippen molar-refractivity contribution in [3.8, 4) is 5.75 Å². The summed E-state index contributed by atoms with van der Waals surface area (Å²) in [6, 6.07) is 4.17. The van der Waals surface area contributed by atoms with Gasteiger partial charge in [-0.1, -0.05) is 6.58 Å². The number of halogens is 1. The van der Waals surface area contributed by atoms with Crippen LogP contribution in [0, 0.1) is 5.82 Å². The van der Waals surface area contributed by atoms with E-state index in [0.717, 1.165) is 0 Å². The van der Waals surface area contributed by atoms with Gasteiger partial charge in [-0.05, 0) is 18.2 Å². The molecule has 1 saturated heterocycles. The van der Waals surface area contributed by atoms with E-state index in [0.29, 0.717) is 31.9 Å². The second-order valence-electron chi connectivity index (χ2n) is 5.20. The number of amides is 2. The van der Waals surface area contributed by atoms with E-state index in [2.05, 4.69) is 11.9 Å². The smallest absolute Gasteiger partial charge is 0.246 e. The summed E-state index contributed by atoms with van der Waals surface area (Å²) >= 11 is 0. The number of hydrogen-bond acceptors (Lipinski definition) is 4. The average Bonchev–Trinajstić information content (AvgIpc) is 2.56. The number of methoxy groups -OCH3 is 1. The van der Waals surface area contributed by atoms with Gasteiger partial charge >= 0.3 is 0 Å². The van der Waals surface area contributed by atoms with Crippen LogP contribution in [0.1, 0.15) is 0 Å². The summed E-state index contributed by atoms with van der Waals surface area (Å²) in [7, 11) is 1.37. The van der Waals surface area contributed by atoms with Crippen molar-refractivity contribution in [3.05, 3.63) is 36.7 Å². The highest BCUT2D eigenvalue weighted by atomic mass is 19.1. The van der Waals surface area contributed by atoms with Crippen LogP contribution in [0.15, 0.2) is 30.9 Å². The molecule has 0 aromatic heterocycles. The van der Waals surface area contributed by atoms with Crippen LogP contribution < -0.4 is 10.1 Å². The molecule has 0 bridgehead atoms. The van der Waals surface area contributed by atoms with Gasteiger partial charge in [0.15, 0.2) is 11.6 Å². The Kier molecular flexibility index (Phi) is 5.70. The molecular weight excluding hydrogens is 301 g/mol. The van der Waals surface area contributed by atoms with Crippen LogP contribution in [-0.2, 0) is 9.59 Å². The van der Waals surface area contributed by atoms with Crippen LogP contribution in [0.25, 0.3) is 0 Å². The molecule has 0 radical (unpaired) electrons. The maximum absolute atomic E-state index is 13.3. The topological polar surface area (TPSA) is 61.9 Å². The second-order valence-corrected chi connectivity index (χ2v) is 5.20. The summed E-state index contributed by atoms with van der Waals surface area (Å²) in [5.41, 5.74) is 0.480. The van der Waals surface area contributed by atoms with Gasteiger partial charge < -0.3 is 15.0 Å². The minimum Gasteiger partial charge on any atom is -0.494 e. The maximum Gasteiger partial charge on any atom is 0.246 e. The fourth-order valence-corrected chi connectivity index (χ4v) is 2.40. The Hall–Kier alpha value is -2.41. The fraction of sp³-hybridized carbons (Fsp3) is 0.375. The highest BCUT2D eigenvalue weighted by Crippen LogP contribution is 2.21. The van der Waals surface area contributed by atoms with Crippen LogP contribution in [0.2, 0.25) is 0 Å². The van der Waals surface area contributed by atoms with Crippen molar-refractivity contribution >= 4 is 17.5 Å². The molecule has 1 aliphatic heterocycles. The zero-order chi connectivity index (χ0) is 16.8. The first kappa shape index (κ1) is 17.0. The normalized spacial score (nSPS) is 15.1. The first-order valence-electron chi connectivity index (χ1n) is 7.30. The Balaban J connectivity index is 1.84. The maximum atomic E-state index is 13.3. The summed E-state index contributed by atoms with van der Waals surface area (Å²) in [4.78, 5) is 27.2. The number of carbonyl (C=O) groups is 2. The molecule has 0 spiro atoms. The Morgan fingerprint density at radius 1 is 1.35 bits per heavy atom. The molecule has 1 fully saturated rings. The van der Waals surface area contributed by atoms with E-state index < -0.39 is 5.82 Å². The Morgan fingerprint density at radius 3 is 2.65 bits per heavy atom. The average molecular weight is 321 g/mol. The number of ether oxygens (including phenoxy) is 1. The predicted molar refractivity (Wildman–Crippen MR) is 84.8 cm³/mol. The van der Waals surface area contributed by atoms with Crippen molar-refractivity contribution in [2.24, 2.45) is 0 Å². The molecule has 1 aliphatic rings. The molecule has 1 aromatic rings. The highest BCUT2D eigenvalue weighted by Gasteiger charge is 2.21. The van der Waals surface area contributed by atoms with Gasteiger partial charge in [0.1, 0.15) is 0 Å². The molecule has 2 amide bonds. The van der Waals surface area contributed by atoms with E-state index in [4.69, 9.17) is 4.74 Å². The lowest BCUT2D eigenvalue weighted by atomic mass is 10.2. The Labute approximate surface area is 134 Å². The van der Waals surface area contributed by atoms with Gasteiger partial charge in [0.25, 0.3) is 0 Å². The van der Waals surface area contributed by atoms with Gasteiger partial charge in [0, 0.05) is 37.9 Å². The molecule has 124 valence electrons. The summed E-state index contributed by atoms with van der Waals surface area (Å²) in [6.45, 7) is 6.08. The number of rotatable bonds is 5. The predicted octanol–water partition coefficient (Wildman–Crippen LogP) is 1.10. The molecule has 2 rings (SSSR count). The number of nitrogens with one attached hydrogen (secondary N) is 1. The van der Waals surface area contributed by atoms with E-state index in [-0.39, 0.29) is 24.1 Å². The summed E-state index contributed by atoms with van der Waals surface area (Å²) in [5.74, 6) is -0.678. The van der Waals surface area contributed by atoms with E-state index in [1.54, 1.807) is 4.90 Å². The van der Waals surface area contributed by atoms with Crippen LogP contribution in [0.3, 0.4) is 0 Å². The number of piperazine rings is 1. The van der Waals surface area contributed by atoms with Crippen LogP contribution in [0.5, 0.6) is 5.75 Å². The van der Waals surface area contributed by atoms with E-state index in [1.165, 1.54) is 31.4 Å². The van der Waals surface area contributed by atoms with Crippen molar-refractivity contribution < 1.29 is 18.7 Å². The molecule has 7 heteroatoms. The van der Waals surface area contributed by atoms with Crippen molar-refractivity contribution in [1.29, 1.82) is 0 Å². The van der Waals surface area contributed by atoms with Gasteiger partial charge in [0.05, 0.1) is 13.7 Å². The van der Waals surface area contributed by atoms with Crippen molar-refractivity contribution in [2.75, 3.05) is 45.2 Å². The third-order valence-corrected chi connectivity index (χ3v) is 3.66. The van der Waals surface area contributed by atoms with Gasteiger partial charge in [-0.15, -0.1) is 0 Å². The van der Waals surface area contributed by atoms with Gasteiger partial charge in [-0.2, -0.15) is 0 Å². The van der Waals surface area contributed by atoms with E-state index in [1.807, 2.05) is 4.90 Å². The lowest BCUT2D eigenvalue weighted by molar-refractivity contribution is -0.128. The number of anilines is 1. The minimum atomic E-state index is -0.478. The third-order valence-electron chi connectivity index (χ3n) is 3.66. The highest BCUT2D eigenvalue weighted by molar-refractivity contribution is 5.92. The SMILES string of the molecule is C=CC(=O)N1CCN(CC(=O)Nc2ccc(F)c(OC)c2)CC1. The van der Waals surface area contributed by atoms with E-state index >= 15 is 0 Å². The molecule has 0 unspecified atom stereocenters. The molecule has 23 heavy (non-hydrogen) atoms. The lowest BCUT2D eigenvalue weighted by Gasteiger charge is -2.33. The molecule has 6 nitrogen and oxygen atoms in total. The molecule has 0 aliphatic carbocycles. The number of hydrogen-bond donors (Lipinski definition) is 1. The van der Waals surface area contributed by atoms with Crippen LogP contribution >= 0.6 is 0 Å². The van der Waals surface area contributed by atoms with Crippen molar-refractivity contribution in [2.45, 2.75) is 0 Å². The quantitative estimate of drug-likeness (QED) is 0.825. The summed E-state index contributed by atoms with van der Waals surface area (Å²) in [5, 5.41) is 2.71. The first-order chi connectivity index (χ1) is 11.0. The Morgan fingerprint density at radius 2 is 2.04 bits per heavy atom. The molecule has 1 aromatic carbocycles. The van der Waals surface area contributed by atoms with Crippen molar-refractivity contribution in [1.82, 2.24) is 9.80 Å². The molecule has 1 heterocycles. The summed E-state index contributed by atoms with van der Waals surface area (Å²) < 4.78 is 18.2. The number of benzene rings is 1. The van der Waals surface area contributed by atoms with E-state index in [9.17, 15) is 14.0 Å². The zero-order valence-corrected chi connectivity index (χ0v) is 13.0. The standard InChI is InChI=1S/C16H20FN3O3/c1-3-16(22)20-8-6-19(7-9-20)11-15(21)18-12-4-5-13(17)14(10-12)23-2/h3-5,10H,1,6-9,11H2,2H3,(H,18,21). The molecule has 0 saturated carbocycles. The van der Waals surface area contributed by atoms with Gasteiger partial charge in [0.2, 0.25) is 11.8 Å². The zero-order valence-electron chi connectivity index (χ0n) is 13.0. The third kappa shape index (κ3) is 4.53. The number of nitrogens with zero attached hydrogens (tertiary/aromatic N) is 2. The van der Waals surface area contributed by atoms with Crippen molar-refractivity contribution in [3.63, 3.8) is 0 Å². The molecule has 1 N–H and O–H groups in total. The monoisotopic (exact) mass is 321 g/mol. The van der Waals surface area contributed by atoms with Gasteiger partial charge in [-0.3, -0.25) is 14.5 Å². The number of carbonyl (C=O) groups excluding carboxylic acids is 2.